The molecule has 2 aliphatic rings. The van der Waals surface area contributed by atoms with Crippen LogP contribution in [0.5, 0.6) is 0 Å². The van der Waals surface area contributed by atoms with Gasteiger partial charge in [-0.25, -0.2) is 0 Å². The topological polar surface area (TPSA) is 8.17 Å². The number of thiol groups is 1. The Hall–Kier alpha value is -1.19. The van der Waals surface area contributed by atoms with Gasteiger partial charge in [-0.05, 0) is 36.0 Å². The van der Waals surface area contributed by atoms with Gasteiger partial charge in [0.1, 0.15) is 0 Å². The van der Waals surface area contributed by atoms with Crippen molar-refractivity contribution in [2.45, 2.75) is 37.6 Å². The molecule has 1 aromatic heterocycles. The number of fused-ring (bicyclic) bond motifs is 2. The summed E-state index contributed by atoms with van der Waals surface area (Å²) >= 11 is 4.50. The fraction of sp³-hybridized carbons (Fsp3) is 0.474. The highest BCUT2D eigenvalue weighted by molar-refractivity contribution is 7.79. The van der Waals surface area contributed by atoms with E-state index in [0.29, 0.717) is 12.0 Å². The first-order valence-corrected chi connectivity index (χ1v) is 8.92. The minimum absolute atomic E-state index is 0.628. The molecule has 0 bridgehead atoms. The van der Waals surface area contributed by atoms with Crippen LogP contribution >= 0.6 is 12.6 Å². The van der Waals surface area contributed by atoms with Gasteiger partial charge in [0.05, 0.1) is 5.88 Å². The molecular weight excluding hydrogens is 288 g/mol. The molecule has 3 atom stereocenters. The molecule has 22 heavy (non-hydrogen) atoms. The highest BCUT2D eigenvalue weighted by atomic mass is 32.1. The molecule has 3 heteroatoms. The lowest BCUT2D eigenvalue weighted by molar-refractivity contribution is 0.104. The Morgan fingerprint density at radius 1 is 1.41 bits per heavy atom. The minimum Gasteiger partial charge on any atom is -0.338 e. The van der Waals surface area contributed by atoms with Crippen molar-refractivity contribution < 1.29 is 0 Å². The van der Waals surface area contributed by atoms with Gasteiger partial charge in [-0.3, -0.25) is 4.90 Å². The van der Waals surface area contributed by atoms with Gasteiger partial charge < -0.3 is 4.57 Å². The Labute approximate surface area is 138 Å². The third-order valence-corrected chi connectivity index (χ3v) is 5.80. The zero-order valence-corrected chi connectivity index (χ0v) is 14.1. The molecule has 1 aliphatic heterocycles. The van der Waals surface area contributed by atoms with Crippen molar-refractivity contribution in [2.24, 2.45) is 5.92 Å². The average Bonchev–Trinajstić information content (AvgIpc) is 2.88. The molecule has 2 nitrogen and oxygen atoms in total. The molecule has 0 N–H and O–H groups in total. The highest BCUT2D eigenvalue weighted by Gasteiger charge is 2.39. The lowest BCUT2D eigenvalue weighted by Gasteiger charge is -2.46. The van der Waals surface area contributed by atoms with Crippen LogP contribution < -0.4 is 0 Å². The van der Waals surface area contributed by atoms with Crippen LogP contribution in [0.3, 0.4) is 0 Å². The van der Waals surface area contributed by atoms with Crippen LogP contribution in [0.2, 0.25) is 0 Å². The highest BCUT2D eigenvalue weighted by Crippen LogP contribution is 2.45. The number of aromatic nitrogens is 1. The van der Waals surface area contributed by atoms with Crippen LogP contribution in [0.15, 0.2) is 37.1 Å². The fourth-order valence-electron chi connectivity index (χ4n) is 4.71. The third kappa shape index (κ3) is 2.06. The molecule has 1 fully saturated rings. The predicted molar refractivity (Wildman–Crippen MR) is 96.7 cm³/mol. The molecule has 0 amide bonds. The van der Waals surface area contributed by atoms with Crippen LogP contribution in [0.4, 0.5) is 0 Å². The molecular formula is C19H24N2S. The molecule has 0 spiro atoms. The van der Waals surface area contributed by atoms with E-state index in [1.165, 1.54) is 35.9 Å². The minimum atomic E-state index is 0.628. The van der Waals surface area contributed by atoms with E-state index < -0.39 is 0 Å². The molecule has 116 valence electrons. The van der Waals surface area contributed by atoms with Crippen LogP contribution in [0.25, 0.3) is 10.9 Å². The Kier molecular flexibility index (Phi) is 3.58. The van der Waals surface area contributed by atoms with Gasteiger partial charge in [-0.2, -0.15) is 12.6 Å². The number of nitrogens with zero attached hydrogens (tertiary/aromatic N) is 2. The average molecular weight is 312 g/mol. The largest absolute Gasteiger partial charge is 0.338 e. The molecule has 2 heterocycles. The lowest BCUT2D eigenvalue weighted by Crippen LogP contribution is -2.49. The van der Waals surface area contributed by atoms with Crippen LogP contribution in [-0.4, -0.2) is 28.6 Å². The van der Waals surface area contributed by atoms with Crippen molar-refractivity contribution >= 4 is 23.5 Å². The van der Waals surface area contributed by atoms with Crippen molar-refractivity contribution in [2.75, 3.05) is 13.1 Å². The van der Waals surface area contributed by atoms with Gasteiger partial charge in [-0.1, -0.05) is 25.1 Å². The Morgan fingerprint density at radius 2 is 2.27 bits per heavy atom. The zero-order valence-electron chi connectivity index (χ0n) is 13.2. The van der Waals surface area contributed by atoms with Gasteiger partial charge in [0, 0.05) is 42.1 Å². The van der Waals surface area contributed by atoms with E-state index >= 15 is 0 Å². The third-order valence-electron chi connectivity index (χ3n) is 5.50. The van der Waals surface area contributed by atoms with Gasteiger partial charge in [-0.15, -0.1) is 6.58 Å². The summed E-state index contributed by atoms with van der Waals surface area (Å²) in [7, 11) is 0. The Bertz CT molecular complexity index is 718. The van der Waals surface area contributed by atoms with E-state index in [0.717, 1.165) is 18.3 Å². The van der Waals surface area contributed by atoms with E-state index in [-0.39, 0.29) is 0 Å². The van der Waals surface area contributed by atoms with Gasteiger partial charge in [0.2, 0.25) is 0 Å². The van der Waals surface area contributed by atoms with Gasteiger partial charge in [0.15, 0.2) is 0 Å². The van der Waals surface area contributed by atoms with E-state index in [2.05, 4.69) is 66.1 Å². The van der Waals surface area contributed by atoms with Crippen LogP contribution in [-0.2, 0) is 12.3 Å². The van der Waals surface area contributed by atoms with E-state index in [1.54, 1.807) is 5.56 Å². The predicted octanol–water partition coefficient (Wildman–Crippen LogP) is 4.06. The van der Waals surface area contributed by atoms with Crippen molar-refractivity contribution in [3.63, 3.8) is 0 Å². The summed E-state index contributed by atoms with van der Waals surface area (Å²) in [6.45, 7) is 8.56. The number of rotatable bonds is 3. The first-order valence-electron chi connectivity index (χ1n) is 8.29. The van der Waals surface area contributed by atoms with E-state index in [4.69, 9.17) is 0 Å². The first kappa shape index (κ1) is 14.4. The monoisotopic (exact) mass is 312 g/mol. The molecule has 0 unspecified atom stereocenters. The zero-order chi connectivity index (χ0) is 15.3. The van der Waals surface area contributed by atoms with Crippen LogP contribution in [0.1, 0.15) is 30.4 Å². The van der Waals surface area contributed by atoms with Crippen molar-refractivity contribution in [1.29, 1.82) is 0 Å². The van der Waals surface area contributed by atoms with Crippen LogP contribution in [0, 0.1) is 5.92 Å². The number of likely N-dealkylation sites (tertiary alicyclic amines) is 1. The molecule has 1 aromatic carbocycles. The van der Waals surface area contributed by atoms with E-state index in [9.17, 15) is 0 Å². The summed E-state index contributed by atoms with van der Waals surface area (Å²) in [6, 6.07) is 7.45. The number of benzene rings is 1. The molecule has 1 aliphatic carbocycles. The first-order chi connectivity index (χ1) is 10.7. The summed E-state index contributed by atoms with van der Waals surface area (Å²) in [5.41, 5.74) is 4.42. The SMILES string of the molecule is C=CCN1C[C@H](C)C[C@@H]2c3cccc4c3c(cn4CS)C[C@H]21. The fourth-order valence-corrected chi connectivity index (χ4v) is 4.95. The maximum Gasteiger partial charge on any atom is 0.0653 e. The second kappa shape index (κ2) is 5.47. The Balaban J connectivity index is 1.86. The molecule has 1 saturated heterocycles. The maximum atomic E-state index is 4.50. The second-order valence-corrected chi connectivity index (χ2v) is 7.25. The summed E-state index contributed by atoms with van der Waals surface area (Å²) in [6.07, 6.45) is 6.86. The van der Waals surface area contributed by atoms with Crippen molar-refractivity contribution in [3.8, 4) is 0 Å². The Morgan fingerprint density at radius 3 is 3.05 bits per heavy atom. The van der Waals surface area contributed by atoms with Gasteiger partial charge in [0.25, 0.3) is 0 Å². The quantitative estimate of drug-likeness (QED) is 0.663. The van der Waals surface area contributed by atoms with Gasteiger partial charge >= 0.3 is 0 Å². The molecule has 0 radical (unpaired) electrons. The maximum absolute atomic E-state index is 4.50. The summed E-state index contributed by atoms with van der Waals surface area (Å²) in [5, 5.41) is 1.51. The number of hydrogen-bond acceptors (Lipinski definition) is 2. The summed E-state index contributed by atoms with van der Waals surface area (Å²) in [5.74, 6) is 2.17. The van der Waals surface area contributed by atoms with Crippen molar-refractivity contribution in [3.05, 3.63) is 48.2 Å². The normalized spacial score (nSPS) is 27.8. The summed E-state index contributed by atoms with van der Waals surface area (Å²) < 4.78 is 2.29. The second-order valence-electron chi connectivity index (χ2n) is 6.97. The lowest BCUT2D eigenvalue weighted by atomic mass is 9.72. The summed E-state index contributed by atoms with van der Waals surface area (Å²) in [4.78, 5) is 2.64. The molecule has 4 rings (SSSR count). The molecule has 0 saturated carbocycles. The van der Waals surface area contributed by atoms with Crippen molar-refractivity contribution in [1.82, 2.24) is 9.47 Å². The number of hydrogen-bond donors (Lipinski definition) is 1. The number of piperidine rings is 1. The van der Waals surface area contributed by atoms with E-state index in [1.807, 2.05) is 0 Å². The standard InChI is InChI=1S/C19H24N2S/c1-3-7-20-10-13(2)8-16-15-5-4-6-17-19(15)14(9-18(16)20)11-21(17)12-22/h3-6,11,13,16,18,22H,1,7-10,12H2,2H3/t13-,16-,18-/m1/s1. The molecule has 2 aromatic rings. The smallest absolute Gasteiger partial charge is 0.0653 e.